The molecule has 5 nitrogen and oxygen atoms in total. The smallest absolute Gasteiger partial charge is 0.211 e. The van der Waals surface area contributed by atoms with Crippen molar-refractivity contribution in [1.82, 2.24) is 9.29 Å². The molecule has 102 valence electrons. The number of hydrogen-bond donors (Lipinski definition) is 0. The minimum Gasteiger partial charge on any atom is -0.353 e. The molecule has 7 heteroatoms. The van der Waals surface area contributed by atoms with E-state index in [0.717, 1.165) is 11.2 Å². The van der Waals surface area contributed by atoms with Crippen LogP contribution in [-0.4, -0.2) is 50.1 Å². The van der Waals surface area contributed by atoms with Gasteiger partial charge in [0.15, 0.2) is 0 Å². The van der Waals surface area contributed by atoms with Crippen LogP contribution in [0.5, 0.6) is 0 Å². The number of hydrogen-bond acceptors (Lipinski definition) is 5. The average Bonchev–Trinajstić information content (AvgIpc) is 2.86. The fraction of sp³-hybridized carbons (Fsp3) is 0.417. The van der Waals surface area contributed by atoms with Gasteiger partial charge < -0.3 is 4.90 Å². The minimum absolute atomic E-state index is 0.529. The van der Waals surface area contributed by atoms with Crippen LogP contribution in [0.3, 0.4) is 0 Å². The van der Waals surface area contributed by atoms with Gasteiger partial charge >= 0.3 is 0 Å². The topological polar surface area (TPSA) is 53.5 Å². The Balaban J connectivity index is 1.84. The van der Waals surface area contributed by atoms with E-state index in [9.17, 15) is 8.42 Å². The molecule has 2 aromatic rings. The molecule has 3 rings (SSSR count). The summed E-state index contributed by atoms with van der Waals surface area (Å²) in [7, 11) is -3.07. The largest absolute Gasteiger partial charge is 0.353 e. The van der Waals surface area contributed by atoms with Gasteiger partial charge in [0.1, 0.15) is 5.82 Å². The van der Waals surface area contributed by atoms with Gasteiger partial charge in [0.05, 0.1) is 6.26 Å². The van der Waals surface area contributed by atoms with Crippen LogP contribution in [-0.2, 0) is 10.0 Å². The van der Waals surface area contributed by atoms with E-state index in [1.165, 1.54) is 15.3 Å². The Kier molecular flexibility index (Phi) is 3.20. The van der Waals surface area contributed by atoms with Gasteiger partial charge in [0.25, 0.3) is 0 Å². The van der Waals surface area contributed by atoms with Crippen LogP contribution in [0.4, 0.5) is 5.82 Å². The summed E-state index contributed by atoms with van der Waals surface area (Å²) in [5, 5.41) is 3.21. The first-order valence-electron chi connectivity index (χ1n) is 6.08. The zero-order chi connectivity index (χ0) is 13.5. The summed E-state index contributed by atoms with van der Waals surface area (Å²) < 4.78 is 25.7. The van der Waals surface area contributed by atoms with Gasteiger partial charge in [-0.3, -0.25) is 0 Å². The highest BCUT2D eigenvalue weighted by molar-refractivity contribution is 7.88. The van der Waals surface area contributed by atoms with Crippen molar-refractivity contribution < 1.29 is 8.42 Å². The third-order valence-corrected chi connectivity index (χ3v) is 5.55. The first kappa shape index (κ1) is 12.8. The molecule has 1 aliphatic heterocycles. The lowest BCUT2D eigenvalue weighted by molar-refractivity contribution is 0.387. The van der Waals surface area contributed by atoms with Crippen molar-refractivity contribution in [2.45, 2.75) is 0 Å². The van der Waals surface area contributed by atoms with Crippen molar-refractivity contribution in [2.75, 3.05) is 37.3 Å². The average molecular weight is 297 g/mol. The van der Waals surface area contributed by atoms with Gasteiger partial charge in [0.2, 0.25) is 10.0 Å². The van der Waals surface area contributed by atoms with E-state index in [4.69, 9.17) is 0 Å². The molecule has 0 amide bonds. The van der Waals surface area contributed by atoms with Gasteiger partial charge in [-0.15, -0.1) is 11.3 Å². The van der Waals surface area contributed by atoms with Crippen LogP contribution >= 0.6 is 11.3 Å². The summed E-state index contributed by atoms with van der Waals surface area (Å²) in [4.78, 5) is 6.62. The van der Waals surface area contributed by atoms with Crippen LogP contribution in [0.15, 0.2) is 23.7 Å². The van der Waals surface area contributed by atoms with E-state index < -0.39 is 10.0 Å². The van der Waals surface area contributed by atoms with Crippen LogP contribution in [0, 0.1) is 0 Å². The van der Waals surface area contributed by atoms with E-state index in [2.05, 4.69) is 21.3 Å². The second-order valence-corrected chi connectivity index (χ2v) is 7.55. The van der Waals surface area contributed by atoms with E-state index in [-0.39, 0.29) is 0 Å². The molecule has 1 saturated heterocycles. The molecule has 19 heavy (non-hydrogen) atoms. The van der Waals surface area contributed by atoms with Crippen molar-refractivity contribution in [3.05, 3.63) is 23.7 Å². The lowest BCUT2D eigenvalue weighted by Gasteiger charge is -2.34. The summed E-state index contributed by atoms with van der Waals surface area (Å²) >= 11 is 1.70. The molecule has 1 aliphatic rings. The molecule has 0 unspecified atom stereocenters. The molecule has 0 spiro atoms. The summed E-state index contributed by atoms with van der Waals surface area (Å²) in [6, 6.07) is 4.08. The predicted molar refractivity (Wildman–Crippen MR) is 78.2 cm³/mol. The van der Waals surface area contributed by atoms with Gasteiger partial charge in [-0.05, 0) is 17.5 Å². The minimum atomic E-state index is -3.07. The summed E-state index contributed by atoms with van der Waals surface area (Å²) in [5.74, 6) is 0.965. The number of aromatic nitrogens is 1. The zero-order valence-corrected chi connectivity index (χ0v) is 12.2. The highest BCUT2D eigenvalue weighted by Gasteiger charge is 2.24. The maximum Gasteiger partial charge on any atom is 0.211 e. The van der Waals surface area contributed by atoms with Gasteiger partial charge in [0, 0.05) is 42.5 Å². The standard InChI is InChI=1S/C12H15N3O2S2/c1-19(16,17)15-7-5-14(6-8-15)12-10-3-9-18-11(10)2-4-13-12/h2-4,9H,5-8H2,1H3. The number of rotatable bonds is 2. The zero-order valence-electron chi connectivity index (χ0n) is 10.6. The molecule has 0 aromatic carbocycles. The van der Waals surface area contributed by atoms with Gasteiger partial charge in [-0.2, -0.15) is 4.31 Å². The Bertz CT molecular complexity index is 688. The fourth-order valence-electron chi connectivity index (χ4n) is 2.36. The molecule has 0 N–H and O–H groups in total. The number of nitrogens with zero attached hydrogens (tertiary/aromatic N) is 3. The maximum absolute atomic E-state index is 11.5. The van der Waals surface area contributed by atoms with E-state index >= 15 is 0 Å². The normalized spacial score (nSPS) is 18.1. The second kappa shape index (κ2) is 4.73. The molecule has 0 atom stereocenters. The van der Waals surface area contributed by atoms with Crippen molar-refractivity contribution in [2.24, 2.45) is 0 Å². The Labute approximate surface area is 116 Å². The Hall–Kier alpha value is -1.18. The highest BCUT2D eigenvalue weighted by atomic mass is 32.2. The van der Waals surface area contributed by atoms with Crippen molar-refractivity contribution in [1.29, 1.82) is 0 Å². The summed E-state index contributed by atoms with van der Waals surface area (Å²) in [6.07, 6.45) is 3.08. The predicted octanol–water partition coefficient (Wildman–Crippen LogP) is 1.38. The number of piperazine rings is 1. The van der Waals surface area contributed by atoms with Crippen molar-refractivity contribution in [3.63, 3.8) is 0 Å². The lowest BCUT2D eigenvalue weighted by atomic mass is 10.2. The van der Waals surface area contributed by atoms with Crippen LogP contribution < -0.4 is 4.90 Å². The van der Waals surface area contributed by atoms with E-state index in [0.29, 0.717) is 26.2 Å². The van der Waals surface area contributed by atoms with Gasteiger partial charge in [-0.1, -0.05) is 0 Å². The fourth-order valence-corrected chi connectivity index (χ4v) is 3.97. The van der Waals surface area contributed by atoms with E-state index in [1.54, 1.807) is 11.3 Å². The summed E-state index contributed by atoms with van der Waals surface area (Å²) in [5.41, 5.74) is 0. The van der Waals surface area contributed by atoms with Crippen LogP contribution in [0.25, 0.3) is 10.1 Å². The number of anilines is 1. The maximum atomic E-state index is 11.5. The first-order valence-corrected chi connectivity index (χ1v) is 8.81. The molecule has 0 bridgehead atoms. The number of pyridine rings is 1. The SMILES string of the molecule is CS(=O)(=O)N1CCN(c2nccc3sccc23)CC1. The van der Waals surface area contributed by atoms with Crippen LogP contribution in [0.1, 0.15) is 0 Å². The first-order chi connectivity index (χ1) is 9.05. The highest BCUT2D eigenvalue weighted by Crippen LogP contribution is 2.29. The molecular formula is C12H15N3O2S2. The Morgan fingerprint density at radius 1 is 1.21 bits per heavy atom. The monoisotopic (exact) mass is 297 g/mol. The van der Waals surface area contributed by atoms with Gasteiger partial charge in [-0.25, -0.2) is 13.4 Å². The quantitative estimate of drug-likeness (QED) is 0.840. The van der Waals surface area contributed by atoms with E-state index in [1.807, 2.05) is 12.3 Å². The van der Waals surface area contributed by atoms with Crippen LogP contribution in [0.2, 0.25) is 0 Å². The molecule has 1 fully saturated rings. The van der Waals surface area contributed by atoms with Crippen molar-refractivity contribution >= 4 is 37.3 Å². The Morgan fingerprint density at radius 3 is 2.63 bits per heavy atom. The number of sulfonamides is 1. The molecule has 2 aromatic heterocycles. The third kappa shape index (κ3) is 2.45. The molecule has 0 saturated carbocycles. The Morgan fingerprint density at radius 2 is 1.95 bits per heavy atom. The number of thiophene rings is 1. The van der Waals surface area contributed by atoms with Crippen molar-refractivity contribution in [3.8, 4) is 0 Å². The lowest BCUT2D eigenvalue weighted by Crippen LogP contribution is -2.48. The third-order valence-electron chi connectivity index (χ3n) is 3.37. The second-order valence-electron chi connectivity index (χ2n) is 4.62. The molecule has 0 aliphatic carbocycles. The molecule has 3 heterocycles. The number of fused-ring (bicyclic) bond motifs is 1. The molecular weight excluding hydrogens is 282 g/mol. The summed E-state index contributed by atoms with van der Waals surface area (Å²) in [6.45, 7) is 2.44. The molecule has 0 radical (unpaired) electrons.